The van der Waals surface area contributed by atoms with E-state index >= 15 is 0 Å². The third kappa shape index (κ3) is 4.61. The number of benzene rings is 1. The van der Waals surface area contributed by atoms with Gasteiger partial charge in [-0.15, -0.1) is 5.10 Å². The van der Waals surface area contributed by atoms with Gasteiger partial charge in [0.25, 0.3) is 0 Å². The molecule has 1 aromatic carbocycles. The van der Waals surface area contributed by atoms with E-state index in [9.17, 15) is 8.42 Å². The van der Waals surface area contributed by atoms with Gasteiger partial charge in [-0.3, -0.25) is 4.90 Å². The number of aryl methyl sites for hydroxylation is 1. The van der Waals surface area contributed by atoms with Gasteiger partial charge in [0.1, 0.15) is 11.5 Å². The Morgan fingerprint density at radius 3 is 2.37 bits per heavy atom. The molecule has 0 saturated carbocycles. The maximum Gasteiger partial charge on any atom is 0.175 e. The molecule has 8 nitrogen and oxygen atoms in total. The standard InChI is InChI=1S/C18H23N5O3S/c1-13(2)22(11-16-8-5-14(3)26-16)12-18-19-20-21-23(18)15-6-9-17(10-7-15)27(4,24)25/h5-10,13H,11-12H2,1-4H3. The number of hydrogen-bond acceptors (Lipinski definition) is 7. The Kier molecular flexibility index (Phi) is 5.43. The number of rotatable bonds is 7. The average molecular weight is 389 g/mol. The van der Waals surface area contributed by atoms with Gasteiger partial charge in [0.15, 0.2) is 15.7 Å². The number of sulfone groups is 1. The molecule has 0 aliphatic rings. The van der Waals surface area contributed by atoms with Crippen LogP contribution in [-0.2, 0) is 22.9 Å². The normalized spacial score (nSPS) is 12.2. The largest absolute Gasteiger partial charge is 0.465 e. The minimum atomic E-state index is -3.24. The summed E-state index contributed by atoms with van der Waals surface area (Å²) in [6, 6.07) is 10.7. The van der Waals surface area contributed by atoms with Crippen molar-refractivity contribution >= 4 is 9.84 Å². The van der Waals surface area contributed by atoms with Gasteiger partial charge < -0.3 is 4.42 Å². The highest BCUT2D eigenvalue weighted by Gasteiger charge is 2.18. The first kappa shape index (κ1) is 19.2. The lowest BCUT2D eigenvalue weighted by Crippen LogP contribution is -2.31. The van der Waals surface area contributed by atoms with Gasteiger partial charge in [-0.25, -0.2) is 8.42 Å². The Balaban J connectivity index is 1.82. The second kappa shape index (κ2) is 7.61. The number of hydrogen-bond donors (Lipinski definition) is 0. The highest BCUT2D eigenvalue weighted by atomic mass is 32.2. The predicted octanol–water partition coefficient (Wildman–Crippen LogP) is 2.38. The Bertz CT molecular complexity index is 1010. The first-order valence-corrected chi connectivity index (χ1v) is 10.5. The van der Waals surface area contributed by atoms with Crippen molar-refractivity contribution in [2.24, 2.45) is 0 Å². The fourth-order valence-electron chi connectivity index (χ4n) is 2.71. The molecule has 0 radical (unpaired) electrons. The van der Waals surface area contributed by atoms with Crippen LogP contribution in [-0.4, -0.2) is 45.8 Å². The van der Waals surface area contributed by atoms with Gasteiger partial charge in [-0.05, 0) is 67.6 Å². The zero-order valence-electron chi connectivity index (χ0n) is 15.8. The summed E-state index contributed by atoms with van der Waals surface area (Å²) in [7, 11) is -3.24. The van der Waals surface area contributed by atoms with Crippen LogP contribution in [0, 0.1) is 6.92 Å². The lowest BCUT2D eigenvalue weighted by molar-refractivity contribution is 0.181. The van der Waals surface area contributed by atoms with Crippen LogP contribution in [0.15, 0.2) is 45.7 Å². The van der Waals surface area contributed by atoms with Crippen molar-refractivity contribution in [2.75, 3.05) is 6.26 Å². The van der Waals surface area contributed by atoms with E-state index in [1.165, 1.54) is 6.26 Å². The van der Waals surface area contributed by atoms with Crippen LogP contribution in [0.2, 0.25) is 0 Å². The van der Waals surface area contributed by atoms with Crippen molar-refractivity contribution in [3.8, 4) is 5.69 Å². The van der Waals surface area contributed by atoms with Gasteiger partial charge in [0.2, 0.25) is 0 Å². The fourth-order valence-corrected chi connectivity index (χ4v) is 3.34. The SMILES string of the molecule is Cc1ccc(CN(Cc2nnnn2-c2ccc(S(C)(=O)=O)cc2)C(C)C)o1. The molecular formula is C18H23N5O3S. The van der Waals surface area contributed by atoms with Crippen molar-refractivity contribution in [1.29, 1.82) is 0 Å². The van der Waals surface area contributed by atoms with Gasteiger partial charge in [0.05, 0.1) is 23.7 Å². The molecule has 2 heterocycles. The lowest BCUT2D eigenvalue weighted by Gasteiger charge is -2.24. The molecule has 0 aliphatic heterocycles. The quantitative estimate of drug-likeness (QED) is 0.612. The monoisotopic (exact) mass is 389 g/mol. The molecule has 0 amide bonds. The maximum absolute atomic E-state index is 11.6. The minimum Gasteiger partial charge on any atom is -0.465 e. The molecule has 0 aliphatic carbocycles. The van der Waals surface area contributed by atoms with Crippen molar-refractivity contribution in [2.45, 2.75) is 44.8 Å². The summed E-state index contributed by atoms with van der Waals surface area (Å²) >= 11 is 0. The second-order valence-electron chi connectivity index (χ2n) is 6.78. The van der Waals surface area contributed by atoms with Crippen molar-refractivity contribution in [3.05, 3.63) is 53.7 Å². The van der Waals surface area contributed by atoms with Crippen molar-refractivity contribution < 1.29 is 12.8 Å². The molecule has 0 spiro atoms. The zero-order chi connectivity index (χ0) is 19.6. The van der Waals surface area contributed by atoms with E-state index in [1.807, 2.05) is 19.1 Å². The Morgan fingerprint density at radius 2 is 1.81 bits per heavy atom. The molecule has 9 heteroatoms. The van der Waals surface area contributed by atoms with E-state index in [0.717, 1.165) is 11.5 Å². The van der Waals surface area contributed by atoms with Gasteiger partial charge in [-0.1, -0.05) is 0 Å². The molecule has 0 saturated heterocycles. The summed E-state index contributed by atoms with van der Waals surface area (Å²) in [6.45, 7) is 7.29. The number of aromatic nitrogens is 4. The van der Waals surface area contributed by atoms with Crippen LogP contribution in [0.25, 0.3) is 5.69 Å². The molecule has 2 aromatic heterocycles. The predicted molar refractivity (Wildman–Crippen MR) is 100 cm³/mol. The minimum absolute atomic E-state index is 0.258. The summed E-state index contributed by atoms with van der Waals surface area (Å²) in [5.74, 6) is 2.43. The summed E-state index contributed by atoms with van der Waals surface area (Å²) in [6.07, 6.45) is 1.18. The molecule has 3 aromatic rings. The van der Waals surface area contributed by atoms with E-state index in [4.69, 9.17) is 4.42 Å². The number of nitrogens with zero attached hydrogens (tertiary/aromatic N) is 5. The Hall–Kier alpha value is -2.52. The number of furan rings is 1. The van der Waals surface area contributed by atoms with Crippen LogP contribution < -0.4 is 0 Å². The van der Waals surface area contributed by atoms with E-state index in [1.54, 1.807) is 28.9 Å². The zero-order valence-corrected chi connectivity index (χ0v) is 16.6. The van der Waals surface area contributed by atoms with Crippen molar-refractivity contribution in [3.63, 3.8) is 0 Å². The van der Waals surface area contributed by atoms with Crippen LogP contribution >= 0.6 is 0 Å². The summed E-state index contributed by atoms with van der Waals surface area (Å²) in [5.41, 5.74) is 0.708. The second-order valence-corrected chi connectivity index (χ2v) is 8.80. The third-order valence-electron chi connectivity index (χ3n) is 4.27. The molecule has 0 unspecified atom stereocenters. The van der Waals surface area contributed by atoms with E-state index < -0.39 is 9.84 Å². The van der Waals surface area contributed by atoms with Gasteiger partial charge >= 0.3 is 0 Å². The molecule has 144 valence electrons. The molecular weight excluding hydrogens is 366 g/mol. The molecule has 3 rings (SSSR count). The summed E-state index contributed by atoms with van der Waals surface area (Å²) < 4.78 is 30.6. The average Bonchev–Trinajstić information content (AvgIpc) is 3.22. The molecule has 27 heavy (non-hydrogen) atoms. The lowest BCUT2D eigenvalue weighted by atomic mass is 10.2. The first-order chi connectivity index (χ1) is 12.7. The first-order valence-electron chi connectivity index (χ1n) is 8.61. The Morgan fingerprint density at radius 1 is 1.11 bits per heavy atom. The topological polar surface area (TPSA) is 94.1 Å². The highest BCUT2D eigenvalue weighted by Crippen LogP contribution is 2.17. The van der Waals surface area contributed by atoms with Gasteiger partial charge in [-0.2, -0.15) is 4.68 Å². The van der Waals surface area contributed by atoms with E-state index in [-0.39, 0.29) is 10.9 Å². The van der Waals surface area contributed by atoms with Crippen LogP contribution in [0.1, 0.15) is 31.2 Å². The summed E-state index contributed by atoms with van der Waals surface area (Å²) in [5, 5.41) is 12.0. The Labute approximate surface area is 158 Å². The fraction of sp³-hybridized carbons (Fsp3) is 0.389. The summed E-state index contributed by atoms with van der Waals surface area (Å²) in [4.78, 5) is 2.46. The van der Waals surface area contributed by atoms with Crippen LogP contribution in [0.3, 0.4) is 0 Å². The van der Waals surface area contributed by atoms with Crippen LogP contribution in [0.5, 0.6) is 0 Å². The molecule has 0 atom stereocenters. The maximum atomic E-state index is 11.6. The molecule has 0 N–H and O–H groups in total. The van der Waals surface area contributed by atoms with Gasteiger partial charge in [0, 0.05) is 12.3 Å². The highest BCUT2D eigenvalue weighted by molar-refractivity contribution is 7.90. The molecule has 0 bridgehead atoms. The van der Waals surface area contributed by atoms with E-state index in [0.29, 0.717) is 24.6 Å². The smallest absolute Gasteiger partial charge is 0.175 e. The third-order valence-corrected chi connectivity index (χ3v) is 5.40. The van der Waals surface area contributed by atoms with Crippen LogP contribution in [0.4, 0.5) is 0 Å². The van der Waals surface area contributed by atoms with E-state index in [2.05, 4.69) is 34.3 Å². The van der Waals surface area contributed by atoms with Crippen molar-refractivity contribution in [1.82, 2.24) is 25.1 Å². The number of tetrazole rings is 1. The molecule has 0 fully saturated rings.